The van der Waals surface area contributed by atoms with Gasteiger partial charge >= 0.3 is 0 Å². The maximum absolute atomic E-state index is 12.2. The van der Waals surface area contributed by atoms with E-state index in [1.807, 2.05) is 0 Å². The van der Waals surface area contributed by atoms with Crippen LogP contribution in [0.2, 0.25) is 0 Å². The lowest BCUT2D eigenvalue weighted by molar-refractivity contribution is -0.133. The Morgan fingerprint density at radius 2 is 1.74 bits per heavy atom. The predicted octanol–water partition coefficient (Wildman–Crippen LogP) is -1.56. The van der Waals surface area contributed by atoms with Crippen molar-refractivity contribution in [3.05, 3.63) is 0 Å². The zero-order chi connectivity index (χ0) is 20.1. The van der Waals surface area contributed by atoms with E-state index in [2.05, 4.69) is 21.3 Å². The monoisotopic (exact) mass is 383 g/mol. The highest BCUT2D eigenvalue weighted by Crippen LogP contribution is 2.27. The smallest absolute Gasteiger partial charge is 0.243 e. The first kappa shape index (κ1) is 22.4. The highest BCUT2D eigenvalue weighted by Gasteiger charge is 2.39. The molecule has 10 nitrogen and oxygen atoms in total. The molecule has 1 rings (SSSR count). The van der Waals surface area contributed by atoms with Crippen LogP contribution in [0.3, 0.4) is 0 Å². The molecule has 5 amide bonds. The lowest BCUT2D eigenvalue weighted by atomic mass is 9.81. The Morgan fingerprint density at radius 3 is 2.33 bits per heavy atom. The average Bonchev–Trinajstić information content (AvgIpc) is 2.65. The normalized spacial score (nSPS) is 16.4. The molecule has 0 radical (unpaired) electrons. The van der Waals surface area contributed by atoms with E-state index in [0.29, 0.717) is 51.5 Å². The van der Waals surface area contributed by atoms with Crippen LogP contribution in [0.15, 0.2) is 0 Å². The highest BCUT2D eigenvalue weighted by molar-refractivity contribution is 5.93. The van der Waals surface area contributed by atoms with E-state index in [0.717, 1.165) is 19.3 Å². The molecule has 0 saturated heterocycles. The largest absolute Gasteiger partial charge is 0.368 e. The van der Waals surface area contributed by atoms with Crippen molar-refractivity contribution in [1.82, 2.24) is 21.3 Å². The highest BCUT2D eigenvalue weighted by atomic mass is 16.2. The lowest BCUT2D eigenvalue weighted by Crippen LogP contribution is -2.60. The van der Waals surface area contributed by atoms with Crippen molar-refractivity contribution in [2.24, 2.45) is 5.73 Å². The van der Waals surface area contributed by atoms with E-state index in [-0.39, 0.29) is 6.54 Å². The molecule has 6 N–H and O–H groups in total. The van der Waals surface area contributed by atoms with Crippen LogP contribution in [-0.2, 0) is 24.0 Å². The van der Waals surface area contributed by atoms with Gasteiger partial charge in [0.2, 0.25) is 30.5 Å². The standard InChI is InChI=1S/C17H29N5O5/c18-16(27)17(7-3-1-4-8-17)22-14(25)10-20-15(26)13(21-12-24)6-2-5-9-19-11-23/h11-13H,1-10H2,(H2,18,27)(H,19,23)(H,20,26)(H,21,24)(H,22,25). The summed E-state index contributed by atoms with van der Waals surface area (Å²) in [5.74, 6) is -1.55. The van der Waals surface area contributed by atoms with Gasteiger partial charge in [0.15, 0.2) is 0 Å². The van der Waals surface area contributed by atoms with Crippen molar-refractivity contribution in [1.29, 1.82) is 0 Å². The number of hydrogen-bond donors (Lipinski definition) is 5. The second-order valence-corrected chi connectivity index (χ2v) is 6.68. The zero-order valence-electron chi connectivity index (χ0n) is 15.4. The number of nitrogens with two attached hydrogens (primary N) is 1. The molecular formula is C17H29N5O5. The second-order valence-electron chi connectivity index (χ2n) is 6.68. The molecular weight excluding hydrogens is 354 g/mol. The summed E-state index contributed by atoms with van der Waals surface area (Å²) in [4.78, 5) is 57.0. The minimum atomic E-state index is -1.05. The molecule has 152 valence electrons. The third-order valence-corrected chi connectivity index (χ3v) is 4.71. The second kappa shape index (κ2) is 11.9. The Kier molecular flexibility index (Phi) is 9.84. The Morgan fingerprint density at radius 1 is 1.04 bits per heavy atom. The number of amides is 5. The van der Waals surface area contributed by atoms with Gasteiger partial charge in [0.05, 0.1) is 6.54 Å². The van der Waals surface area contributed by atoms with Crippen molar-refractivity contribution in [2.45, 2.75) is 62.9 Å². The predicted molar refractivity (Wildman–Crippen MR) is 97.1 cm³/mol. The fourth-order valence-electron chi connectivity index (χ4n) is 3.20. The van der Waals surface area contributed by atoms with Crippen LogP contribution in [0.4, 0.5) is 0 Å². The van der Waals surface area contributed by atoms with Crippen molar-refractivity contribution in [3.63, 3.8) is 0 Å². The number of carbonyl (C=O) groups is 5. The van der Waals surface area contributed by atoms with Crippen LogP contribution >= 0.6 is 0 Å². The summed E-state index contributed by atoms with van der Waals surface area (Å²) in [7, 11) is 0. The van der Waals surface area contributed by atoms with E-state index >= 15 is 0 Å². The minimum Gasteiger partial charge on any atom is -0.368 e. The topological polar surface area (TPSA) is 159 Å². The average molecular weight is 383 g/mol. The molecule has 1 atom stereocenters. The zero-order valence-corrected chi connectivity index (χ0v) is 15.4. The van der Waals surface area contributed by atoms with E-state index < -0.39 is 29.3 Å². The van der Waals surface area contributed by atoms with E-state index in [1.165, 1.54) is 0 Å². The summed E-state index contributed by atoms with van der Waals surface area (Å²) in [5, 5.41) is 10.1. The van der Waals surface area contributed by atoms with Gasteiger partial charge in [-0.05, 0) is 32.1 Å². The molecule has 0 spiro atoms. The van der Waals surface area contributed by atoms with Crippen LogP contribution in [-0.4, -0.2) is 55.2 Å². The third-order valence-electron chi connectivity index (χ3n) is 4.71. The molecule has 0 aliphatic heterocycles. The Bertz CT molecular complexity index is 534. The van der Waals surface area contributed by atoms with Gasteiger partial charge in [0.1, 0.15) is 11.6 Å². The molecule has 0 aromatic rings. The number of primary amides is 1. The van der Waals surface area contributed by atoms with Gasteiger partial charge in [-0.25, -0.2) is 0 Å². The van der Waals surface area contributed by atoms with Gasteiger partial charge < -0.3 is 27.0 Å². The molecule has 10 heteroatoms. The Hall–Kier alpha value is -2.65. The molecule has 1 saturated carbocycles. The maximum Gasteiger partial charge on any atom is 0.243 e. The number of rotatable bonds is 13. The van der Waals surface area contributed by atoms with E-state index in [4.69, 9.17) is 5.73 Å². The van der Waals surface area contributed by atoms with Crippen LogP contribution < -0.4 is 27.0 Å². The molecule has 0 heterocycles. The molecule has 27 heavy (non-hydrogen) atoms. The van der Waals surface area contributed by atoms with Gasteiger partial charge in [0.25, 0.3) is 0 Å². The van der Waals surface area contributed by atoms with Gasteiger partial charge in [-0.1, -0.05) is 19.3 Å². The van der Waals surface area contributed by atoms with Gasteiger partial charge in [-0.2, -0.15) is 0 Å². The number of hydrogen-bond acceptors (Lipinski definition) is 5. The SMILES string of the molecule is NC(=O)C1(NC(=O)CNC(=O)C(CCCCNC=O)NC=O)CCCCC1. The quantitative estimate of drug-likeness (QED) is 0.192. The summed E-state index contributed by atoms with van der Waals surface area (Å²) < 4.78 is 0. The van der Waals surface area contributed by atoms with Crippen molar-refractivity contribution >= 4 is 30.5 Å². The molecule has 0 aromatic heterocycles. The van der Waals surface area contributed by atoms with E-state index in [9.17, 15) is 24.0 Å². The first-order chi connectivity index (χ1) is 12.9. The van der Waals surface area contributed by atoms with Crippen LogP contribution in [0.1, 0.15) is 51.4 Å². The molecule has 1 aliphatic rings. The van der Waals surface area contributed by atoms with Crippen LogP contribution in [0.25, 0.3) is 0 Å². The Labute approximate surface area is 158 Å². The van der Waals surface area contributed by atoms with Crippen molar-refractivity contribution in [2.75, 3.05) is 13.1 Å². The summed E-state index contributed by atoms with van der Waals surface area (Å²) in [5.41, 5.74) is 4.42. The summed E-state index contributed by atoms with van der Waals surface area (Å²) >= 11 is 0. The Balaban J connectivity index is 2.46. The molecule has 0 bridgehead atoms. The van der Waals surface area contributed by atoms with Crippen LogP contribution in [0, 0.1) is 0 Å². The van der Waals surface area contributed by atoms with Crippen molar-refractivity contribution < 1.29 is 24.0 Å². The summed E-state index contributed by atoms with van der Waals surface area (Å²) in [6.45, 7) is 0.175. The van der Waals surface area contributed by atoms with Crippen LogP contribution in [0.5, 0.6) is 0 Å². The van der Waals surface area contributed by atoms with Gasteiger partial charge in [-0.3, -0.25) is 24.0 Å². The maximum atomic E-state index is 12.2. The lowest BCUT2D eigenvalue weighted by Gasteiger charge is -2.35. The van der Waals surface area contributed by atoms with Gasteiger partial charge in [0, 0.05) is 6.54 Å². The minimum absolute atomic E-state index is 0.308. The summed E-state index contributed by atoms with van der Waals surface area (Å²) in [6, 6.07) is -0.772. The first-order valence-electron chi connectivity index (χ1n) is 9.20. The first-order valence-corrected chi connectivity index (χ1v) is 9.20. The number of nitrogens with one attached hydrogen (secondary N) is 4. The van der Waals surface area contributed by atoms with E-state index in [1.54, 1.807) is 0 Å². The van der Waals surface area contributed by atoms with Crippen molar-refractivity contribution in [3.8, 4) is 0 Å². The summed E-state index contributed by atoms with van der Waals surface area (Å²) in [6.07, 6.45) is 6.25. The number of unbranched alkanes of at least 4 members (excludes halogenated alkanes) is 1. The fraction of sp³-hybridized carbons (Fsp3) is 0.706. The van der Waals surface area contributed by atoms with Gasteiger partial charge in [-0.15, -0.1) is 0 Å². The molecule has 1 fully saturated rings. The molecule has 1 aliphatic carbocycles. The fourth-order valence-corrected chi connectivity index (χ4v) is 3.20. The third kappa shape index (κ3) is 7.63. The number of carbonyl (C=O) groups excluding carboxylic acids is 5. The molecule has 1 unspecified atom stereocenters. The molecule has 0 aromatic carbocycles.